The minimum atomic E-state index is -0.185. The fourth-order valence-electron chi connectivity index (χ4n) is 4.12. The maximum atomic E-state index is 12.9. The molecule has 0 unspecified atom stereocenters. The van der Waals surface area contributed by atoms with E-state index in [2.05, 4.69) is 15.3 Å². The highest BCUT2D eigenvalue weighted by Gasteiger charge is 2.19. The first kappa shape index (κ1) is 21.4. The summed E-state index contributed by atoms with van der Waals surface area (Å²) in [6.45, 7) is 3.96. The molecule has 1 N–H and O–H groups in total. The van der Waals surface area contributed by atoms with E-state index >= 15 is 0 Å². The lowest BCUT2D eigenvalue weighted by Gasteiger charge is -2.17. The van der Waals surface area contributed by atoms with E-state index in [1.54, 1.807) is 44.4 Å². The van der Waals surface area contributed by atoms with Crippen molar-refractivity contribution in [2.24, 2.45) is 21.1 Å². The molecule has 4 aromatic heterocycles. The largest absolute Gasteiger partial charge is 0.455 e. The molecule has 0 bridgehead atoms. The highest BCUT2D eigenvalue weighted by molar-refractivity contribution is 5.98. The SMILES string of the molecule is Cc1cccc(C)c1Oc1cn(C)c(=O)cc1-c1cn(C)c(=O)c2[nH]c(-c3cn(C)nn3)cc12. The lowest BCUT2D eigenvalue weighted by atomic mass is 10.0. The normalized spacial score (nSPS) is 11.3. The third-order valence-electron chi connectivity index (χ3n) is 5.95. The van der Waals surface area contributed by atoms with Gasteiger partial charge in [-0.3, -0.25) is 14.3 Å². The van der Waals surface area contributed by atoms with E-state index in [9.17, 15) is 9.59 Å². The van der Waals surface area contributed by atoms with Gasteiger partial charge >= 0.3 is 0 Å². The summed E-state index contributed by atoms with van der Waals surface area (Å²) in [5.41, 5.74) is 4.58. The molecule has 5 aromatic rings. The fraction of sp³-hybridized carbons (Fsp3) is 0.200. The predicted molar refractivity (Wildman–Crippen MR) is 130 cm³/mol. The van der Waals surface area contributed by atoms with Gasteiger partial charge in [0.25, 0.3) is 11.1 Å². The Balaban J connectivity index is 1.77. The second-order valence-corrected chi connectivity index (χ2v) is 8.53. The Kier molecular flexibility index (Phi) is 4.97. The van der Waals surface area contributed by atoms with Gasteiger partial charge in [-0.2, -0.15) is 0 Å². The van der Waals surface area contributed by atoms with E-state index in [-0.39, 0.29) is 11.1 Å². The number of nitrogens with one attached hydrogen (secondary N) is 1. The molecule has 0 fully saturated rings. The molecule has 1 aromatic carbocycles. The van der Waals surface area contributed by atoms with Crippen LogP contribution in [0.1, 0.15) is 11.1 Å². The summed E-state index contributed by atoms with van der Waals surface area (Å²) in [7, 11) is 5.14. The van der Waals surface area contributed by atoms with Gasteiger partial charge in [0.2, 0.25) is 0 Å². The van der Waals surface area contributed by atoms with Crippen LogP contribution in [0.15, 0.2) is 58.5 Å². The molecule has 0 spiro atoms. The summed E-state index contributed by atoms with van der Waals surface area (Å²) in [6.07, 6.45) is 5.17. The van der Waals surface area contributed by atoms with Gasteiger partial charge in [-0.15, -0.1) is 5.10 Å². The molecular weight excluding hydrogens is 432 g/mol. The first-order valence-corrected chi connectivity index (χ1v) is 10.8. The number of fused-ring (bicyclic) bond motifs is 1. The second-order valence-electron chi connectivity index (χ2n) is 8.53. The molecule has 0 radical (unpaired) electrons. The van der Waals surface area contributed by atoms with Crippen LogP contribution in [-0.2, 0) is 21.1 Å². The number of ether oxygens (including phenoxy) is 1. The topological polar surface area (TPSA) is 99.7 Å². The van der Waals surface area contributed by atoms with Gasteiger partial charge in [0.05, 0.1) is 18.1 Å². The van der Waals surface area contributed by atoms with Gasteiger partial charge in [0, 0.05) is 49.9 Å². The molecule has 4 heterocycles. The number of rotatable bonds is 4. The monoisotopic (exact) mass is 456 g/mol. The molecule has 0 aliphatic carbocycles. The number of H-pyrrole nitrogens is 1. The number of hydrogen-bond donors (Lipinski definition) is 1. The number of nitrogens with zero attached hydrogens (tertiary/aromatic N) is 5. The summed E-state index contributed by atoms with van der Waals surface area (Å²) in [4.78, 5) is 28.8. The quantitative estimate of drug-likeness (QED) is 0.447. The summed E-state index contributed by atoms with van der Waals surface area (Å²) in [6, 6.07) is 9.33. The van der Waals surface area contributed by atoms with Gasteiger partial charge in [0.1, 0.15) is 17.0 Å². The van der Waals surface area contributed by atoms with Crippen LogP contribution in [0.5, 0.6) is 11.5 Å². The van der Waals surface area contributed by atoms with Crippen LogP contribution in [0.4, 0.5) is 0 Å². The highest BCUT2D eigenvalue weighted by atomic mass is 16.5. The molecule has 0 saturated heterocycles. The van der Waals surface area contributed by atoms with Crippen molar-refractivity contribution in [1.29, 1.82) is 0 Å². The number of pyridine rings is 2. The smallest absolute Gasteiger partial charge is 0.274 e. The molecule has 34 heavy (non-hydrogen) atoms. The summed E-state index contributed by atoms with van der Waals surface area (Å²) < 4.78 is 11.0. The van der Waals surface area contributed by atoms with Crippen molar-refractivity contribution in [2.45, 2.75) is 13.8 Å². The van der Waals surface area contributed by atoms with Crippen LogP contribution in [0.25, 0.3) is 33.4 Å². The van der Waals surface area contributed by atoms with Gasteiger partial charge in [-0.25, -0.2) is 0 Å². The van der Waals surface area contributed by atoms with Crippen molar-refractivity contribution in [3.63, 3.8) is 0 Å². The fourth-order valence-corrected chi connectivity index (χ4v) is 4.12. The molecule has 172 valence electrons. The van der Waals surface area contributed by atoms with Gasteiger partial charge < -0.3 is 18.9 Å². The third kappa shape index (κ3) is 3.51. The lowest BCUT2D eigenvalue weighted by Crippen LogP contribution is -2.18. The Morgan fingerprint density at radius 1 is 0.912 bits per heavy atom. The Morgan fingerprint density at radius 2 is 1.65 bits per heavy atom. The molecule has 0 aliphatic heterocycles. The Hall–Kier alpha value is -4.40. The zero-order chi connectivity index (χ0) is 24.1. The average Bonchev–Trinajstić information content (AvgIpc) is 3.42. The van der Waals surface area contributed by atoms with Crippen LogP contribution < -0.4 is 15.9 Å². The second kappa shape index (κ2) is 7.87. The molecule has 0 aliphatic rings. The molecule has 9 nitrogen and oxygen atoms in total. The summed E-state index contributed by atoms with van der Waals surface area (Å²) in [5, 5.41) is 8.80. The average molecular weight is 457 g/mol. The standard InChI is InChI=1S/C25H24N6O3/c1-14-7-6-8-15(2)24(14)34-21-13-29(3)22(32)10-16(21)18-11-30(4)25(33)23-17(18)9-19(26-23)20-12-31(5)28-27-20/h6-13,26H,1-5H3. The van der Waals surface area contributed by atoms with Crippen molar-refractivity contribution >= 4 is 10.9 Å². The van der Waals surface area contributed by atoms with E-state index in [0.29, 0.717) is 39.2 Å². The van der Waals surface area contributed by atoms with Gasteiger partial charge in [-0.1, -0.05) is 23.4 Å². The van der Waals surface area contributed by atoms with Gasteiger partial charge in [0.15, 0.2) is 5.75 Å². The number of aryl methyl sites for hydroxylation is 5. The Morgan fingerprint density at radius 3 is 2.32 bits per heavy atom. The molecule has 5 rings (SSSR count). The van der Waals surface area contributed by atoms with Crippen LogP contribution in [-0.4, -0.2) is 29.1 Å². The Bertz CT molecular complexity index is 1670. The number of aromatic nitrogens is 6. The zero-order valence-electron chi connectivity index (χ0n) is 19.6. The maximum absolute atomic E-state index is 12.9. The van der Waals surface area contributed by atoms with Crippen molar-refractivity contribution in [1.82, 2.24) is 29.1 Å². The van der Waals surface area contributed by atoms with Crippen LogP contribution in [0.2, 0.25) is 0 Å². The first-order chi connectivity index (χ1) is 16.2. The first-order valence-electron chi connectivity index (χ1n) is 10.8. The minimum Gasteiger partial charge on any atom is -0.455 e. The third-order valence-corrected chi connectivity index (χ3v) is 5.95. The number of hydrogen-bond acceptors (Lipinski definition) is 5. The number of benzene rings is 1. The van der Waals surface area contributed by atoms with E-state index in [0.717, 1.165) is 16.9 Å². The molecule has 0 amide bonds. The van der Waals surface area contributed by atoms with Crippen molar-refractivity contribution in [2.75, 3.05) is 0 Å². The van der Waals surface area contributed by atoms with E-state index < -0.39 is 0 Å². The lowest BCUT2D eigenvalue weighted by molar-refractivity contribution is 0.470. The molecular formula is C25H24N6O3. The molecule has 0 saturated carbocycles. The molecule has 0 atom stereocenters. The van der Waals surface area contributed by atoms with Crippen LogP contribution in [0, 0.1) is 13.8 Å². The van der Waals surface area contributed by atoms with Crippen molar-refractivity contribution < 1.29 is 4.74 Å². The van der Waals surface area contributed by atoms with E-state index in [1.165, 1.54) is 15.2 Å². The summed E-state index contributed by atoms with van der Waals surface area (Å²) in [5.74, 6) is 1.25. The van der Waals surface area contributed by atoms with Crippen molar-refractivity contribution in [3.05, 3.63) is 80.8 Å². The van der Waals surface area contributed by atoms with E-state index in [4.69, 9.17) is 4.74 Å². The van der Waals surface area contributed by atoms with Gasteiger partial charge in [-0.05, 0) is 31.0 Å². The van der Waals surface area contributed by atoms with Crippen LogP contribution >= 0.6 is 0 Å². The molecule has 9 heteroatoms. The summed E-state index contributed by atoms with van der Waals surface area (Å²) >= 11 is 0. The van der Waals surface area contributed by atoms with E-state index in [1.807, 2.05) is 38.1 Å². The number of para-hydroxylation sites is 1. The number of aromatic amines is 1. The maximum Gasteiger partial charge on any atom is 0.274 e. The highest BCUT2D eigenvalue weighted by Crippen LogP contribution is 2.38. The zero-order valence-corrected chi connectivity index (χ0v) is 19.6. The minimum absolute atomic E-state index is 0.185. The predicted octanol–water partition coefficient (Wildman–Crippen LogP) is 3.44. The van der Waals surface area contributed by atoms with Crippen molar-refractivity contribution in [3.8, 4) is 34.0 Å². The Labute approximate surface area is 194 Å². The van der Waals surface area contributed by atoms with Crippen LogP contribution in [0.3, 0.4) is 0 Å².